The molecule has 3 rings (SSSR count). The van der Waals surface area contributed by atoms with Crippen LogP contribution in [-0.2, 0) is 0 Å². The summed E-state index contributed by atoms with van der Waals surface area (Å²) in [5.41, 5.74) is 0.136. The fourth-order valence-corrected chi connectivity index (χ4v) is 2.79. The van der Waals surface area contributed by atoms with Crippen molar-refractivity contribution in [3.8, 4) is 5.75 Å². The van der Waals surface area contributed by atoms with Gasteiger partial charge in [-0.05, 0) is 42.5 Å². The smallest absolute Gasteiger partial charge is 0.337 e. The summed E-state index contributed by atoms with van der Waals surface area (Å²) in [5.74, 6) is -1.51. The van der Waals surface area contributed by atoms with Crippen LogP contribution >= 0.6 is 23.2 Å². The second-order valence-electron chi connectivity index (χ2n) is 5.38. The lowest BCUT2D eigenvalue weighted by Crippen LogP contribution is -2.30. The molecule has 0 unspecified atom stereocenters. The highest BCUT2D eigenvalue weighted by Gasteiger charge is 2.18. The summed E-state index contributed by atoms with van der Waals surface area (Å²) in [4.78, 5) is 28.1. The first-order valence-corrected chi connectivity index (χ1v) is 8.44. The standard InChI is InChI=1S/C18H13Cl2N3O4/c19-10-2-4-12(14(20)8-10)16(24)23-15-5-3-11(9-13(15)17(25)26)27-18-21-6-1-7-22-18/h1-9,18,21H,(H,23,24)(H,25,26)/t18-/m1/s1. The lowest BCUT2D eigenvalue weighted by molar-refractivity contribution is 0.0697. The number of hydrogen-bond acceptors (Lipinski definition) is 5. The van der Waals surface area contributed by atoms with Crippen molar-refractivity contribution in [1.82, 2.24) is 5.32 Å². The van der Waals surface area contributed by atoms with E-state index >= 15 is 0 Å². The van der Waals surface area contributed by atoms with E-state index < -0.39 is 18.2 Å². The summed E-state index contributed by atoms with van der Waals surface area (Å²) in [5, 5.41) is 15.4. The first kappa shape index (κ1) is 18.8. The monoisotopic (exact) mass is 405 g/mol. The highest BCUT2D eigenvalue weighted by molar-refractivity contribution is 6.37. The van der Waals surface area contributed by atoms with Crippen LogP contribution < -0.4 is 15.4 Å². The summed E-state index contributed by atoms with van der Waals surface area (Å²) >= 11 is 11.8. The van der Waals surface area contributed by atoms with Gasteiger partial charge in [0.15, 0.2) is 0 Å². The summed E-state index contributed by atoms with van der Waals surface area (Å²) in [6.45, 7) is 0. The highest BCUT2D eigenvalue weighted by Crippen LogP contribution is 2.26. The molecule has 0 spiro atoms. The molecule has 9 heteroatoms. The molecular formula is C18H13Cl2N3O4. The molecule has 3 N–H and O–H groups in total. The van der Waals surface area contributed by atoms with E-state index in [1.807, 2.05) is 0 Å². The maximum Gasteiger partial charge on any atom is 0.337 e. The van der Waals surface area contributed by atoms with E-state index in [1.54, 1.807) is 18.5 Å². The van der Waals surface area contributed by atoms with Gasteiger partial charge in [0.25, 0.3) is 12.3 Å². The van der Waals surface area contributed by atoms with Gasteiger partial charge in [0.2, 0.25) is 0 Å². The summed E-state index contributed by atoms with van der Waals surface area (Å²) < 4.78 is 5.55. The predicted molar refractivity (Wildman–Crippen MR) is 103 cm³/mol. The van der Waals surface area contributed by atoms with Crippen molar-refractivity contribution in [2.75, 3.05) is 5.32 Å². The van der Waals surface area contributed by atoms with Crippen molar-refractivity contribution in [2.24, 2.45) is 4.99 Å². The van der Waals surface area contributed by atoms with E-state index in [2.05, 4.69) is 15.6 Å². The van der Waals surface area contributed by atoms with E-state index in [1.165, 1.54) is 36.4 Å². The van der Waals surface area contributed by atoms with E-state index in [-0.39, 0.29) is 27.6 Å². The number of rotatable bonds is 5. The molecule has 0 bridgehead atoms. The van der Waals surface area contributed by atoms with Crippen LogP contribution in [0.3, 0.4) is 0 Å². The Labute approximate surface area is 164 Å². The van der Waals surface area contributed by atoms with Gasteiger partial charge in [0.1, 0.15) is 5.75 Å². The number of ether oxygens (including phenoxy) is 1. The minimum atomic E-state index is -1.22. The Morgan fingerprint density at radius 2 is 1.96 bits per heavy atom. The van der Waals surface area contributed by atoms with Gasteiger partial charge in [-0.25, -0.2) is 9.79 Å². The van der Waals surface area contributed by atoms with Crippen LogP contribution in [0.1, 0.15) is 20.7 Å². The minimum absolute atomic E-state index is 0.103. The Kier molecular flexibility index (Phi) is 5.63. The number of nitrogens with one attached hydrogen (secondary N) is 2. The fraction of sp³-hybridized carbons (Fsp3) is 0.0556. The van der Waals surface area contributed by atoms with Crippen molar-refractivity contribution in [1.29, 1.82) is 0 Å². The molecule has 1 aliphatic rings. The van der Waals surface area contributed by atoms with Gasteiger partial charge in [0, 0.05) is 17.4 Å². The first-order chi connectivity index (χ1) is 12.9. The number of carbonyl (C=O) groups is 2. The number of aliphatic imine (C=N–C) groups is 1. The second kappa shape index (κ2) is 8.11. The molecule has 0 saturated carbocycles. The van der Waals surface area contributed by atoms with Crippen LogP contribution in [0, 0.1) is 0 Å². The summed E-state index contributed by atoms with van der Waals surface area (Å²) in [7, 11) is 0. The van der Waals surface area contributed by atoms with E-state index in [0.29, 0.717) is 5.02 Å². The van der Waals surface area contributed by atoms with Gasteiger partial charge in [-0.15, -0.1) is 0 Å². The molecule has 0 aliphatic carbocycles. The minimum Gasteiger partial charge on any atom is -0.478 e. The molecule has 2 aromatic carbocycles. The molecule has 7 nitrogen and oxygen atoms in total. The first-order valence-electron chi connectivity index (χ1n) is 7.69. The topological polar surface area (TPSA) is 100 Å². The number of amides is 1. The van der Waals surface area contributed by atoms with Crippen LogP contribution in [-0.4, -0.2) is 29.5 Å². The molecular weight excluding hydrogens is 393 g/mol. The average molecular weight is 406 g/mol. The van der Waals surface area contributed by atoms with Gasteiger partial charge in [0.05, 0.1) is 21.8 Å². The van der Waals surface area contributed by atoms with E-state index in [9.17, 15) is 14.7 Å². The highest BCUT2D eigenvalue weighted by atomic mass is 35.5. The third-order valence-corrected chi connectivity index (χ3v) is 4.08. The molecule has 27 heavy (non-hydrogen) atoms. The molecule has 0 aromatic heterocycles. The number of halogens is 2. The number of anilines is 1. The van der Waals surface area contributed by atoms with Gasteiger partial charge in [-0.3, -0.25) is 4.79 Å². The van der Waals surface area contributed by atoms with Crippen molar-refractivity contribution in [3.63, 3.8) is 0 Å². The number of nitrogens with zero attached hydrogens (tertiary/aromatic N) is 1. The number of carboxylic acids is 1. The fourth-order valence-electron chi connectivity index (χ4n) is 2.29. The molecule has 1 aliphatic heterocycles. The maximum atomic E-state index is 12.4. The van der Waals surface area contributed by atoms with Crippen LogP contribution in [0.4, 0.5) is 5.69 Å². The molecule has 0 fully saturated rings. The Hall–Kier alpha value is -3.03. The third kappa shape index (κ3) is 4.58. The average Bonchev–Trinajstić information content (AvgIpc) is 2.63. The number of benzene rings is 2. The third-order valence-electron chi connectivity index (χ3n) is 3.54. The Morgan fingerprint density at radius 1 is 1.15 bits per heavy atom. The lowest BCUT2D eigenvalue weighted by atomic mass is 10.1. The number of hydrogen-bond donors (Lipinski definition) is 3. The van der Waals surface area contributed by atoms with Crippen molar-refractivity contribution >= 4 is 47.0 Å². The lowest BCUT2D eigenvalue weighted by Gasteiger charge is -2.18. The van der Waals surface area contributed by atoms with Crippen molar-refractivity contribution in [3.05, 3.63) is 69.8 Å². The van der Waals surface area contributed by atoms with Gasteiger partial charge in [-0.2, -0.15) is 0 Å². The zero-order chi connectivity index (χ0) is 19.4. The zero-order valence-electron chi connectivity index (χ0n) is 13.6. The Bertz CT molecular complexity index is 960. The van der Waals surface area contributed by atoms with Crippen molar-refractivity contribution in [2.45, 2.75) is 6.35 Å². The molecule has 0 saturated heterocycles. The molecule has 1 heterocycles. The van der Waals surface area contributed by atoms with E-state index in [0.717, 1.165) is 0 Å². The normalized spacial score (nSPS) is 15.1. The van der Waals surface area contributed by atoms with Crippen LogP contribution in [0.5, 0.6) is 5.75 Å². The van der Waals surface area contributed by atoms with Crippen molar-refractivity contribution < 1.29 is 19.4 Å². The molecule has 1 amide bonds. The summed E-state index contributed by atoms with van der Waals surface area (Å²) in [6.07, 6.45) is 4.25. The number of allylic oxidation sites excluding steroid dienone is 1. The van der Waals surface area contributed by atoms with Crippen LogP contribution in [0.25, 0.3) is 0 Å². The van der Waals surface area contributed by atoms with Crippen LogP contribution in [0.2, 0.25) is 10.0 Å². The SMILES string of the molecule is O=C(Nc1ccc(O[C@H]2N=CC=CN2)cc1C(=O)O)c1ccc(Cl)cc1Cl. The Morgan fingerprint density at radius 3 is 2.63 bits per heavy atom. The van der Waals surface area contributed by atoms with Gasteiger partial charge in [-0.1, -0.05) is 23.2 Å². The Balaban J connectivity index is 1.82. The van der Waals surface area contributed by atoms with Gasteiger partial charge >= 0.3 is 5.97 Å². The molecule has 1 atom stereocenters. The zero-order valence-corrected chi connectivity index (χ0v) is 15.2. The van der Waals surface area contributed by atoms with Crippen LogP contribution in [0.15, 0.2) is 53.7 Å². The van der Waals surface area contributed by atoms with E-state index in [4.69, 9.17) is 27.9 Å². The molecule has 138 valence electrons. The maximum absolute atomic E-state index is 12.4. The quantitative estimate of drug-likeness (QED) is 0.702. The molecule has 2 aromatic rings. The van der Waals surface area contributed by atoms with Gasteiger partial charge < -0.3 is 20.5 Å². The largest absolute Gasteiger partial charge is 0.478 e. The number of carboxylic acid groups (broad SMARTS) is 1. The number of carbonyl (C=O) groups excluding carboxylic acids is 1. The summed E-state index contributed by atoms with van der Waals surface area (Å²) in [6, 6.07) is 8.67. The predicted octanol–water partition coefficient (Wildman–Crippen LogP) is 3.79. The number of aromatic carboxylic acids is 1. The second-order valence-corrected chi connectivity index (χ2v) is 6.23. The molecule has 0 radical (unpaired) electrons.